The highest BCUT2D eigenvalue weighted by molar-refractivity contribution is 7.93. The van der Waals surface area contributed by atoms with Gasteiger partial charge in [0.05, 0.1) is 10.6 Å². The monoisotopic (exact) mass is 390 g/mol. The van der Waals surface area contributed by atoms with Crippen LogP contribution < -0.4 is 0 Å². The van der Waals surface area contributed by atoms with Crippen molar-refractivity contribution in [1.29, 1.82) is 0 Å². The molecule has 0 N–H and O–H groups in total. The summed E-state index contributed by atoms with van der Waals surface area (Å²) < 4.78 is 60.9. The van der Waals surface area contributed by atoms with Crippen molar-refractivity contribution in [2.24, 2.45) is 5.16 Å². The molecule has 0 aliphatic carbocycles. The lowest BCUT2D eigenvalue weighted by molar-refractivity contribution is 0.214. The molecule has 0 aliphatic rings. The Kier molecular flexibility index (Phi) is 6.32. The molecule has 5 nitrogen and oxygen atoms in total. The minimum absolute atomic E-state index is 0.297. The maximum Gasteiger partial charge on any atom is 0.301 e. The molecule has 25 heavy (non-hydrogen) atoms. The van der Waals surface area contributed by atoms with E-state index in [0.717, 1.165) is 11.3 Å². The number of aromatic nitrogens is 1. The van der Waals surface area contributed by atoms with E-state index < -0.39 is 33.9 Å². The Labute approximate surface area is 146 Å². The molecule has 0 aliphatic heterocycles. The van der Waals surface area contributed by atoms with Crippen molar-refractivity contribution < 1.29 is 26.4 Å². The van der Waals surface area contributed by atoms with Gasteiger partial charge in [-0.25, -0.2) is 17.8 Å². The van der Waals surface area contributed by atoms with Crippen LogP contribution in [0.4, 0.5) is 13.2 Å². The number of hydrogen-bond donors (Lipinski definition) is 0. The van der Waals surface area contributed by atoms with Gasteiger partial charge in [0, 0.05) is 18.2 Å². The fraction of sp³-hybridized carbons (Fsp3) is 0.200. The van der Waals surface area contributed by atoms with E-state index in [1.54, 1.807) is 24.3 Å². The van der Waals surface area contributed by atoms with Crippen molar-refractivity contribution in [3.05, 3.63) is 58.9 Å². The Morgan fingerprint density at radius 2 is 1.92 bits per heavy atom. The SMILES string of the molecule is CO/N=C(\c1ccccc1)c1cnc(S(=O)(=O)CCC(F)=C(F)F)s1. The van der Waals surface area contributed by atoms with Crippen LogP contribution in [0.1, 0.15) is 16.9 Å². The van der Waals surface area contributed by atoms with Crippen LogP contribution in [-0.2, 0) is 14.7 Å². The van der Waals surface area contributed by atoms with Gasteiger partial charge < -0.3 is 4.84 Å². The summed E-state index contributed by atoms with van der Waals surface area (Å²) in [6.07, 6.45) is -2.13. The number of benzene rings is 1. The third-order valence-electron chi connectivity index (χ3n) is 3.01. The Balaban J connectivity index is 2.29. The smallest absolute Gasteiger partial charge is 0.301 e. The normalized spacial score (nSPS) is 12.1. The Morgan fingerprint density at radius 1 is 1.24 bits per heavy atom. The highest BCUT2D eigenvalue weighted by atomic mass is 32.2. The second kappa shape index (κ2) is 8.26. The van der Waals surface area contributed by atoms with Crippen molar-refractivity contribution >= 4 is 26.9 Å². The molecule has 0 bridgehead atoms. The molecule has 1 heterocycles. The first-order valence-corrected chi connectivity index (χ1v) is 9.37. The van der Waals surface area contributed by atoms with Crippen molar-refractivity contribution in [2.75, 3.05) is 12.9 Å². The molecular formula is C15H13F3N2O3S2. The molecule has 0 unspecified atom stereocenters. The summed E-state index contributed by atoms with van der Waals surface area (Å²) in [6, 6.07) is 8.88. The minimum Gasteiger partial charge on any atom is -0.399 e. The number of allylic oxidation sites excluding steroid dienone is 1. The van der Waals surface area contributed by atoms with Gasteiger partial charge in [0.15, 0.2) is 5.83 Å². The third kappa shape index (κ3) is 4.89. The summed E-state index contributed by atoms with van der Waals surface area (Å²) in [6.45, 7) is 0. The average molecular weight is 390 g/mol. The maximum atomic E-state index is 12.8. The number of nitrogens with zero attached hydrogens (tertiary/aromatic N) is 2. The number of thiazole rings is 1. The molecule has 10 heteroatoms. The minimum atomic E-state index is -3.99. The first-order valence-electron chi connectivity index (χ1n) is 6.90. The van der Waals surface area contributed by atoms with Crippen LogP contribution in [0, 0.1) is 0 Å². The summed E-state index contributed by atoms with van der Waals surface area (Å²) >= 11 is 0.807. The van der Waals surface area contributed by atoms with Gasteiger partial charge >= 0.3 is 6.08 Å². The zero-order valence-electron chi connectivity index (χ0n) is 12.9. The maximum absolute atomic E-state index is 12.8. The Morgan fingerprint density at radius 3 is 2.52 bits per heavy atom. The second-order valence-corrected chi connectivity index (χ2v) is 8.03. The van der Waals surface area contributed by atoms with E-state index in [-0.39, 0.29) is 4.34 Å². The fourth-order valence-corrected chi connectivity index (χ4v) is 4.36. The largest absolute Gasteiger partial charge is 0.399 e. The van der Waals surface area contributed by atoms with Gasteiger partial charge in [-0.05, 0) is 0 Å². The highest BCUT2D eigenvalue weighted by Gasteiger charge is 2.22. The molecule has 1 aromatic carbocycles. The van der Waals surface area contributed by atoms with Gasteiger partial charge in [-0.3, -0.25) is 0 Å². The van der Waals surface area contributed by atoms with E-state index in [1.807, 2.05) is 6.07 Å². The standard InChI is InChI=1S/C15H13F3N2O3S2/c1-23-20-13(10-5-3-2-4-6-10)12-9-19-15(24-12)25(21,22)8-7-11(16)14(17)18/h2-6,9H,7-8H2,1H3/b20-13+. The summed E-state index contributed by atoms with van der Waals surface area (Å²) in [5, 5.41) is 3.88. The lowest BCUT2D eigenvalue weighted by atomic mass is 10.1. The lowest BCUT2D eigenvalue weighted by Gasteiger charge is -2.02. The Bertz CT molecular complexity index is 890. The van der Waals surface area contributed by atoms with E-state index in [4.69, 9.17) is 4.84 Å². The van der Waals surface area contributed by atoms with Gasteiger partial charge in [0.25, 0.3) is 0 Å². The zero-order valence-corrected chi connectivity index (χ0v) is 14.6. The molecule has 0 amide bonds. The summed E-state index contributed by atoms with van der Waals surface area (Å²) in [5.41, 5.74) is 1.06. The van der Waals surface area contributed by atoms with Gasteiger partial charge in [0.2, 0.25) is 14.2 Å². The number of halogens is 3. The topological polar surface area (TPSA) is 68.6 Å². The van der Waals surface area contributed by atoms with Crippen LogP contribution in [0.15, 0.2) is 57.9 Å². The number of hydrogen-bond acceptors (Lipinski definition) is 6. The fourth-order valence-electron chi connectivity index (χ4n) is 1.84. The van der Waals surface area contributed by atoms with Crippen molar-refractivity contribution in [3.8, 4) is 0 Å². The first-order chi connectivity index (χ1) is 11.8. The van der Waals surface area contributed by atoms with E-state index in [2.05, 4.69) is 10.1 Å². The number of oxime groups is 1. The third-order valence-corrected chi connectivity index (χ3v) is 6.20. The molecule has 0 spiro atoms. The number of sulfone groups is 1. The quantitative estimate of drug-likeness (QED) is 0.533. The van der Waals surface area contributed by atoms with E-state index in [1.165, 1.54) is 13.3 Å². The van der Waals surface area contributed by atoms with Gasteiger partial charge in [-0.15, -0.1) is 11.3 Å². The summed E-state index contributed by atoms with van der Waals surface area (Å²) in [4.78, 5) is 9.01. The van der Waals surface area contributed by atoms with Gasteiger partial charge in [-0.2, -0.15) is 8.78 Å². The van der Waals surface area contributed by atoms with Crippen LogP contribution in [0.2, 0.25) is 0 Å². The van der Waals surface area contributed by atoms with E-state index in [9.17, 15) is 21.6 Å². The Hall–Kier alpha value is -2.20. The van der Waals surface area contributed by atoms with Crippen LogP contribution in [0.25, 0.3) is 0 Å². The average Bonchev–Trinajstić information content (AvgIpc) is 3.09. The van der Waals surface area contributed by atoms with Gasteiger partial charge in [-0.1, -0.05) is 35.5 Å². The molecule has 0 radical (unpaired) electrons. The predicted molar refractivity (Wildman–Crippen MR) is 88.2 cm³/mol. The summed E-state index contributed by atoms with van der Waals surface area (Å²) in [7, 11) is -2.65. The summed E-state index contributed by atoms with van der Waals surface area (Å²) in [5.74, 6) is -2.54. The van der Waals surface area contributed by atoms with Crippen LogP contribution >= 0.6 is 11.3 Å². The zero-order chi connectivity index (χ0) is 18.4. The van der Waals surface area contributed by atoms with E-state index in [0.29, 0.717) is 16.2 Å². The molecule has 134 valence electrons. The molecule has 0 saturated carbocycles. The predicted octanol–water partition coefficient (Wildman–Crippen LogP) is 3.78. The number of rotatable bonds is 7. The van der Waals surface area contributed by atoms with Gasteiger partial charge in [0.1, 0.15) is 12.8 Å². The second-order valence-electron chi connectivity index (χ2n) is 4.71. The molecule has 0 atom stereocenters. The van der Waals surface area contributed by atoms with Crippen LogP contribution in [0.5, 0.6) is 0 Å². The highest BCUT2D eigenvalue weighted by Crippen LogP contribution is 2.24. The molecule has 2 aromatic rings. The van der Waals surface area contributed by atoms with E-state index >= 15 is 0 Å². The molecule has 0 fully saturated rings. The van der Waals surface area contributed by atoms with Crippen molar-refractivity contribution in [2.45, 2.75) is 10.8 Å². The molecule has 1 aromatic heterocycles. The molecule has 0 saturated heterocycles. The first kappa shape index (κ1) is 19.1. The lowest BCUT2D eigenvalue weighted by Crippen LogP contribution is -2.06. The molecular weight excluding hydrogens is 377 g/mol. The van der Waals surface area contributed by atoms with Crippen molar-refractivity contribution in [3.63, 3.8) is 0 Å². The van der Waals surface area contributed by atoms with Crippen LogP contribution in [-0.4, -0.2) is 32.0 Å². The molecule has 2 rings (SSSR count). The van der Waals surface area contributed by atoms with Crippen molar-refractivity contribution in [1.82, 2.24) is 4.98 Å². The van der Waals surface area contributed by atoms with Crippen LogP contribution in [0.3, 0.4) is 0 Å².